The second-order valence-electron chi connectivity index (χ2n) is 6.97. The van der Waals surface area contributed by atoms with Crippen LogP contribution in [0.5, 0.6) is 0 Å². The summed E-state index contributed by atoms with van der Waals surface area (Å²) in [7, 11) is 0. The molecular formula is C18H28N4O. The van der Waals surface area contributed by atoms with Gasteiger partial charge in [-0.2, -0.15) is 0 Å². The van der Waals surface area contributed by atoms with Gasteiger partial charge < -0.3 is 10.2 Å². The number of piperidine rings is 1. The predicted molar refractivity (Wildman–Crippen MR) is 91.2 cm³/mol. The van der Waals surface area contributed by atoms with E-state index in [2.05, 4.69) is 20.2 Å². The maximum Gasteiger partial charge on any atom is 0.225 e. The van der Waals surface area contributed by atoms with Crippen LogP contribution in [-0.4, -0.2) is 35.5 Å². The Morgan fingerprint density at radius 1 is 1.09 bits per heavy atom. The summed E-state index contributed by atoms with van der Waals surface area (Å²) in [6.07, 6.45) is 12.9. The molecular weight excluding hydrogens is 288 g/mol. The third kappa shape index (κ3) is 4.91. The first-order valence-electron chi connectivity index (χ1n) is 9.10. The van der Waals surface area contributed by atoms with Crippen LogP contribution in [0, 0.1) is 11.8 Å². The van der Waals surface area contributed by atoms with Gasteiger partial charge in [-0.1, -0.05) is 25.7 Å². The van der Waals surface area contributed by atoms with E-state index < -0.39 is 0 Å². The van der Waals surface area contributed by atoms with Crippen molar-refractivity contribution in [1.29, 1.82) is 0 Å². The maximum absolute atomic E-state index is 12.0. The number of amides is 1. The fourth-order valence-electron chi connectivity index (χ4n) is 3.77. The average Bonchev–Trinajstić information content (AvgIpc) is 3.13. The summed E-state index contributed by atoms with van der Waals surface area (Å²) >= 11 is 0. The Balaban J connectivity index is 1.32. The fourth-order valence-corrected chi connectivity index (χ4v) is 3.77. The van der Waals surface area contributed by atoms with Gasteiger partial charge in [0, 0.05) is 38.4 Å². The molecule has 0 unspecified atom stereocenters. The van der Waals surface area contributed by atoms with E-state index in [0.717, 1.165) is 50.8 Å². The first kappa shape index (κ1) is 16.2. The van der Waals surface area contributed by atoms with Gasteiger partial charge in [-0.3, -0.25) is 4.79 Å². The quantitative estimate of drug-likeness (QED) is 0.877. The summed E-state index contributed by atoms with van der Waals surface area (Å²) in [4.78, 5) is 22.8. The first-order valence-corrected chi connectivity index (χ1v) is 9.10. The van der Waals surface area contributed by atoms with Crippen molar-refractivity contribution in [3.8, 4) is 0 Å². The number of hydrogen-bond donors (Lipinski definition) is 1. The molecule has 23 heavy (non-hydrogen) atoms. The third-order valence-corrected chi connectivity index (χ3v) is 5.29. The number of rotatable bonds is 6. The minimum atomic E-state index is 0.241. The van der Waals surface area contributed by atoms with E-state index in [-0.39, 0.29) is 5.91 Å². The molecule has 2 fully saturated rings. The SMILES string of the molecule is O=C(CCC1CCCC1)NCC1CCN(c2ncccn2)CC1. The number of nitrogens with zero attached hydrogens (tertiary/aromatic N) is 3. The van der Waals surface area contributed by atoms with E-state index in [9.17, 15) is 4.79 Å². The predicted octanol–water partition coefficient (Wildman–Crippen LogP) is 2.78. The van der Waals surface area contributed by atoms with Gasteiger partial charge in [0.15, 0.2) is 0 Å². The molecule has 5 heteroatoms. The van der Waals surface area contributed by atoms with E-state index in [1.54, 1.807) is 12.4 Å². The lowest BCUT2D eigenvalue weighted by Crippen LogP contribution is -2.39. The molecule has 0 spiro atoms. The molecule has 1 aliphatic heterocycles. The topological polar surface area (TPSA) is 58.1 Å². The Morgan fingerprint density at radius 3 is 2.48 bits per heavy atom. The van der Waals surface area contributed by atoms with Crippen molar-refractivity contribution in [2.24, 2.45) is 11.8 Å². The monoisotopic (exact) mass is 316 g/mol. The van der Waals surface area contributed by atoms with Crippen LogP contribution in [0.25, 0.3) is 0 Å². The zero-order valence-corrected chi connectivity index (χ0v) is 13.9. The minimum absolute atomic E-state index is 0.241. The molecule has 0 aromatic carbocycles. The van der Waals surface area contributed by atoms with E-state index in [1.165, 1.54) is 25.7 Å². The smallest absolute Gasteiger partial charge is 0.225 e. The molecule has 1 saturated carbocycles. The Kier molecular flexibility index (Phi) is 5.83. The minimum Gasteiger partial charge on any atom is -0.356 e. The third-order valence-electron chi connectivity index (χ3n) is 5.29. The van der Waals surface area contributed by atoms with Crippen LogP contribution in [0.1, 0.15) is 51.4 Å². The van der Waals surface area contributed by atoms with Crippen LogP contribution in [-0.2, 0) is 4.79 Å². The van der Waals surface area contributed by atoms with Crippen molar-refractivity contribution in [3.63, 3.8) is 0 Å². The van der Waals surface area contributed by atoms with Gasteiger partial charge >= 0.3 is 0 Å². The Labute approximate surface area is 138 Å². The highest BCUT2D eigenvalue weighted by Gasteiger charge is 2.21. The summed E-state index contributed by atoms with van der Waals surface area (Å²) < 4.78 is 0. The van der Waals surface area contributed by atoms with Crippen LogP contribution in [0.15, 0.2) is 18.5 Å². The molecule has 1 saturated heterocycles. The van der Waals surface area contributed by atoms with E-state index in [1.807, 2.05) is 6.07 Å². The molecule has 1 aromatic heterocycles. The molecule has 1 aliphatic carbocycles. The largest absolute Gasteiger partial charge is 0.356 e. The molecule has 0 bridgehead atoms. The summed E-state index contributed by atoms with van der Waals surface area (Å²) in [6.45, 7) is 2.78. The zero-order valence-electron chi connectivity index (χ0n) is 13.9. The number of carbonyl (C=O) groups is 1. The molecule has 1 N–H and O–H groups in total. The van der Waals surface area contributed by atoms with Crippen LogP contribution in [0.3, 0.4) is 0 Å². The molecule has 1 aromatic rings. The summed E-state index contributed by atoms with van der Waals surface area (Å²) in [6, 6.07) is 1.84. The number of hydrogen-bond acceptors (Lipinski definition) is 4. The molecule has 0 radical (unpaired) electrons. The summed E-state index contributed by atoms with van der Waals surface area (Å²) in [5, 5.41) is 3.14. The number of anilines is 1. The lowest BCUT2D eigenvalue weighted by molar-refractivity contribution is -0.121. The second-order valence-corrected chi connectivity index (χ2v) is 6.97. The lowest BCUT2D eigenvalue weighted by atomic mass is 9.96. The molecule has 5 nitrogen and oxygen atoms in total. The van der Waals surface area contributed by atoms with Gasteiger partial charge in [-0.05, 0) is 37.2 Å². The second kappa shape index (κ2) is 8.27. The molecule has 3 rings (SSSR count). The van der Waals surface area contributed by atoms with Crippen molar-refractivity contribution >= 4 is 11.9 Å². The fraction of sp³-hybridized carbons (Fsp3) is 0.722. The number of nitrogens with one attached hydrogen (secondary N) is 1. The van der Waals surface area contributed by atoms with Crippen molar-refractivity contribution < 1.29 is 4.79 Å². The Hall–Kier alpha value is -1.65. The van der Waals surface area contributed by atoms with Crippen molar-refractivity contribution in [2.45, 2.75) is 51.4 Å². The van der Waals surface area contributed by atoms with Crippen LogP contribution >= 0.6 is 0 Å². The normalized spacial score (nSPS) is 19.9. The van der Waals surface area contributed by atoms with Gasteiger partial charge in [0.1, 0.15) is 0 Å². The Bertz CT molecular complexity index is 479. The molecule has 0 atom stereocenters. The lowest BCUT2D eigenvalue weighted by Gasteiger charge is -2.31. The number of carbonyl (C=O) groups excluding carboxylic acids is 1. The van der Waals surface area contributed by atoms with Crippen LogP contribution in [0.4, 0.5) is 5.95 Å². The average molecular weight is 316 g/mol. The van der Waals surface area contributed by atoms with Crippen molar-refractivity contribution in [3.05, 3.63) is 18.5 Å². The highest BCUT2D eigenvalue weighted by molar-refractivity contribution is 5.75. The Morgan fingerprint density at radius 2 is 1.78 bits per heavy atom. The zero-order chi connectivity index (χ0) is 15.9. The highest BCUT2D eigenvalue weighted by Crippen LogP contribution is 2.28. The van der Waals surface area contributed by atoms with Gasteiger partial charge in [0.2, 0.25) is 11.9 Å². The maximum atomic E-state index is 12.0. The van der Waals surface area contributed by atoms with Crippen LogP contribution < -0.4 is 10.2 Å². The summed E-state index contributed by atoms with van der Waals surface area (Å²) in [5.74, 6) is 2.46. The van der Waals surface area contributed by atoms with E-state index in [0.29, 0.717) is 12.3 Å². The highest BCUT2D eigenvalue weighted by atomic mass is 16.1. The van der Waals surface area contributed by atoms with Crippen molar-refractivity contribution in [1.82, 2.24) is 15.3 Å². The molecule has 126 valence electrons. The van der Waals surface area contributed by atoms with Gasteiger partial charge in [-0.25, -0.2) is 9.97 Å². The van der Waals surface area contributed by atoms with Gasteiger partial charge in [-0.15, -0.1) is 0 Å². The standard InChI is InChI=1S/C18H28N4O/c23-17(7-6-15-4-1-2-5-15)21-14-16-8-12-22(13-9-16)18-19-10-3-11-20-18/h3,10-11,15-16H,1-2,4-9,12-14H2,(H,21,23). The van der Waals surface area contributed by atoms with E-state index in [4.69, 9.17) is 0 Å². The molecule has 1 amide bonds. The van der Waals surface area contributed by atoms with Crippen molar-refractivity contribution in [2.75, 3.05) is 24.5 Å². The van der Waals surface area contributed by atoms with Gasteiger partial charge in [0.05, 0.1) is 0 Å². The number of aromatic nitrogens is 2. The van der Waals surface area contributed by atoms with E-state index >= 15 is 0 Å². The van der Waals surface area contributed by atoms with Crippen LogP contribution in [0.2, 0.25) is 0 Å². The first-order chi connectivity index (χ1) is 11.3. The molecule has 2 aliphatic rings. The molecule has 2 heterocycles. The summed E-state index contributed by atoms with van der Waals surface area (Å²) in [5.41, 5.74) is 0. The van der Waals surface area contributed by atoms with Gasteiger partial charge in [0.25, 0.3) is 0 Å².